The van der Waals surface area contributed by atoms with Crippen molar-refractivity contribution in [3.05, 3.63) is 35.9 Å². The highest BCUT2D eigenvalue weighted by Gasteiger charge is 2.32. The van der Waals surface area contributed by atoms with Crippen LogP contribution in [-0.2, 0) is 5.60 Å². The molecule has 3 nitrogen and oxygen atoms in total. The Bertz CT molecular complexity index is 436. The normalized spacial score (nSPS) is 30.0. The van der Waals surface area contributed by atoms with E-state index in [-0.39, 0.29) is 6.54 Å². The van der Waals surface area contributed by atoms with Gasteiger partial charge in [0.05, 0.1) is 0 Å². The Labute approximate surface area is 129 Å². The van der Waals surface area contributed by atoms with Gasteiger partial charge in [0.1, 0.15) is 5.60 Å². The summed E-state index contributed by atoms with van der Waals surface area (Å²) in [4.78, 5) is 2.52. The first-order chi connectivity index (χ1) is 9.96. The van der Waals surface area contributed by atoms with Gasteiger partial charge in [0.25, 0.3) is 0 Å². The molecule has 4 atom stereocenters. The summed E-state index contributed by atoms with van der Waals surface area (Å²) >= 11 is 0. The van der Waals surface area contributed by atoms with Crippen LogP contribution in [0.2, 0.25) is 0 Å². The molecule has 0 amide bonds. The van der Waals surface area contributed by atoms with Crippen molar-refractivity contribution in [3.63, 3.8) is 0 Å². The molecule has 0 radical (unpaired) electrons. The Morgan fingerprint density at radius 3 is 2.52 bits per heavy atom. The van der Waals surface area contributed by atoms with Crippen LogP contribution in [0.25, 0.3) is 0 Å². The Balaban J connectivity index is 2.03. The molecule has 1 fully saturated rings. The van der Waals surface area contributed by atoms with Gasteiger partial charge in [-0.1, -0.05) is 44.2 Å². The number of aliphatic hydroxyl groups is 1. The summed E-state index contributed by atoms with van der Waals surface area (Å²) in [6, 6.07) is 10.4. The maximum absolute atomic E-state index is 10.9. The molecule has 1 aliphatic rings. The molecule has 21 heavy (non-hydrogen) atoms. The van der Waals surface area contributed by atoms with Crippen molar-refractivity contribution in [1.29, 1.82) is 0 Å². The second-order valence-corrected chi connectivity index (χ2v) is 6.91. The molecule has 3 heteroatoms. The van der Waals surface area contributed by atoms with Crippen molar-refractivity contribution in [2.75, 3.05) is 19.6 Å². The molecule has 0 aliphatic carbocycles. The van der Waals surface area contributed by atoms with Crippen LogP contribution < -0.4 is 5.73 Å². The van der Waals surface area contributed by atoms with Gasteiger partial charge in [0, 0.05) is 25.7 Å². The lowest BCUT2D eigenvalue weighted by molar-refractivity contribution is 0.00547. The average Bonchev–Trinajstić information content (AvgIpc) is 2.50. The highest BCUT2D eigenvalue weighted by molar-refractivity contribution is 5.22. The van der Waals surface area contributed by atoms with Crippen LogP contribution in [-0.4, -0.2) is 35.7 Å². The van der Waals surface area contributed by atoms with E-state index >= 15 is 0 Å². The molecule has 0 saturated carbocycles. The van der Waals surface area contributed by atoms with E-state index in [1.165, 1.54) is 6.42 Å². The first-order valence-electron chi connectivity index (χ1n) is 8.18. The third kappa shape index (κ3) is 3.85. The predicted molar refractivity (Wildman–Crippen MR) is 88.0 cm³/mol. The fourth-order valence-corrected chi connectivity index (χ4v) is 3.57. The molecule has 0 bridgehead atoms. The van der Waals surface area contributed by atoms with Crippen LogP contribution in [0.5, 0.6) is 0 Å². The zero-order valence-corrected chi connectivity index (χ0v) is 13.6. The lowest BCUT2D eigenvalue weighted by atomic mass is 9.84. The third-order valence-corrected chi connectivity index (χ3v) is 5.18. The number of nitrogens with two attached hydrogens (primary N) is 1. The molecule has 2 rings (SSSR count). The third-order valence-electron chi connectivity index (χ3n) is 5.18. The zero-order chi connectivity index (χ0) is 15.5. The van der Waals surface area contributed by atoms with E-state index in [0.29, 0.717) is 12.5 Å². The molecule has 1 aliphatic heterocycles. The van der Waals surface area contributed by atoms with Crippen LogP contribution in [0.3, 0.4) is 0 Å². The Morgan fingerprint density at radius 1 is 1.24 bits per heavy atom. The van der Waals surface area contributed by atoms with Crippen molar-refractivity contribution < 1.29 is 5.11 Å². The first-order valence-corrected chi connectivity index (χ1v) is 8.18. The van der Waals surface area contributed by atoms with Crippen LogP contribution in [0, 0.1) is 11.8 Å². The van der Waals surface area contributed by atoms with E-state index < -0.39 is 5.60 Å². The van der Waals surface area contributed by atoms with Crippen LogP contribution in [0.15, 0.2) is 30.3 Å². The monoisotopic (exact) mass is 290 g/mol. The van der Waals surface area contributed by atoms with Crippen LogP contribution in [0.4, 0.5) is 0 Å². The smallest absolute Gasteiger partial charge is 0.103 e. The van der Waals surface area contributed by atoms with Crippen molar-refractivity contribution >= 4 is 0 Å². The molecule has 4 unspecified atom stereocenters. The molecule has 1 heterocycles. The molecular formula is C18H30N2O. The molecule has 3 N–H and O–H groups in total. The molecule has 0 aromatic heterocycles. The van der Waals surface area contributed by atoms with Crippen molar-refractivity contribution in [2.24, 2.45) is 17.6 Å². The minimum Gasteiger partial charge on any atom is -0.384 e. The summed E-state index contributed by atoms with van der Waals surface area (Å²) in [5, 5.41) is 10.9. The minimum absolute atomic E-state index is 0.268. The maximum atomic E-state index is 10.9. The topological polar surface area (TPSA) is 49.5 Å². The number of hydrogen-bond donors (Lipinski definition) is 2. The van der Waals surface area contributed by atoms with E-state index in [9.17, 15) is 5.11 Å². The first kappa shape index (κ1) is 16.5. The van der Waals surface area contributed by atoms with Crippen molar-refractivity contribution in [2.45, 2.75) is 45.3 Å². The number of hydrogen-bond acceptors (Lipinski definition) is 3. The summed E-state index contributed by atoms with van der Waals surface area (Å²) in [5.74, 6) is 1.45. The van der Waals surface area contributed by atoms with Gasteiger partial charge in [-0.25, -0.2) is 0 Å². The number of piperidine rings is 1. The van der Waals surface area contributed by atoms with E-state index in [0.717, 1.165) is 30.5 Å². The number of nitrogens with zero attached hydrogens (tertiary/aromatic N) is 1. The fraction of sp³-hybridized carbons (Fsp3) is 0.667. The summed E-state index contributed by atoms with van der Waals surface area (Å²) in [6.07, 6.45) is 1.99. The van der Waals surface area contributed by atoms with Crippen LogP contribution in [0.1, 0.15) is 39.2 Å². The molecule has 118 valence electrons. The average molecular weight is 290 g/mol. The molecule has 1 aromatic carbocycles. The largest absolute Gasteiger partial charge is 0.384 e. The van der Waals surface area contributed by atoms with Gasteiger partial charge in [0.15, 0.2) is 0 Å². The lowest BCUT2D eigenvalue weighted by Gasteiger charge is -2.42. The Hall–Kier alpha value is -0.900. The highest BCUT2D eigenvalue weighted by atomic mass is 16.3. The van der Waals surface area contributed by atoms with Crippen molar-refractivity contribution in [3.8, 4) is 0 Å². The second-order valence-electron chi connectivity index (χ2n) is 6.91. The van der Waals surface area contributed by atoms with Gasteiger partial charge in [-0.15, -0.1) is 0 Å². The maximum Gasteiger partial charge on any atom is 0.103 e. The number of likely N-dealkylation sites (tertiary alicyclic amines) is 1. The van der Waals surface area contributed by atoms with Gasteiger partial charge in [-0.2, -0.15) is 0 Å². The van der Waals surface area contributed by atoms with E-state index in [4.69, 9.17) is 5.73 Å². The molecule has 0 spiro atoms. The standard InChI is InChI=1S/C18H30N2O/c1-14-11-15(2)16(3)20(12-14)10-9-18(21,13-19)17-7-5-4-6-8-17/h4-8,14-16,21H,9-13,19H2,1-3H3. The SMILES string of the molecule is CC1CC(C)C(C)N(CCC(O)(CN)c2ccccc2)C1. The summed E-state index contributed by atoms with van der Waals surface area (Å²) in [6.45, 7) is 9.26. The summed E-state index contributed by atoms with van der Waals surface area (Å²) in [5.41, 5.74) is 5.89. The molecule has 1 saturated heterocycles. The second kappa shape index (κ2) is 6.91. The van der Waals surface area contributed by atoms with Gasteiger partial charge in [-0.05, 0) is 37.2 Å². The summed E-state index contributed by atoms with van der Waals surface area (Å²) < 4.78 is 0. The summed E-state index contributed by atoms with van der Waals surface area (Å²) in [7, 11) is 0. The van der Waals surface area contributed by atoms with Crippen LogP contribution >= 0.6 is 0 Å². The van der Waals surface area contributed by atoms with Gasteiger partial charge in [-0.3, -0.25) is 0 Å². The van der Waals surface area contributed by atoms with E-state index in [1.807, 2.05) is 30.3 Å². The minimum atomic E-state index is -0.912. The zero-order valence-electron chi connectivity index (χ0n) is 13.6. The predicted octanol–water partition coefficient (Wildman–Crippen LogP) is 2.59. The Morgan fingerprint density at radius 2 is 1.90 bits per heavy atom. The Kier molecular flexibility index (Phi) is 5.42. The highest BCUT2D eigenvalue weighted by Crippen LogP contribution is 2.29. The fourth-order valence-electron chi connectivity index (χ4n) is 3.57. The van der Waals surface area contributed by atoms with Gasteiger partial charge >= 0.3 is 0 Å². The van der Waals surface area contributed by atoms with Crippen molar-refractivity contribution in [1.82, 2.24) is 4.90 Å². The quantitative estimate of drug-likeness (QED) is 0.876. The number of benzene rings is 1. The van der Waals surface area contributed by atoms with Gasteiger partial charge in [0.2, 0.25) is 0 Å². The lowest BCUT2D eigenvalue weighted by Crippen LogP contribution is -2.48. The number of rotatable bonds is 5. The molecule has 1 aromatic rings. The van der Waals surface area contributed by atoms with E-state index in [1.54, 1.807) is 0 Å². The van der Waals surface area contributed by atoms with Gasteiger partial charge < -0.3 is 15.7 Å². The van der Waals surface area contributed by atoms with E-state index in [2.05, 4.69) is 25.7 Å². The molecular weight excluding hydrogens is 260 g/mol.